The van der Waals surface area contributed by atoms with Gasteiger partial charge in [0.2, 0.25) is 11.8 Å². The normalized spacial score (nSPS) is 21.5. The van der Waals surface area contributed by atoms with Gasteiger partial charge in [0, 0.05) is 39.1 Å². The van der Waals surface area contributed by atoms with Crippen LogP contribution in [0.2, 0.25) is 0 Å². The van der Waals surface area contributed by atoms with E-state index < -0.39 is 29.8 Å². The zero-order valence-electron chi connectivity index (χ0n) is 18.9. The molecule has 2 unspecified atom stereocenters. The molecule has 2 atom stereocenters. The third-order valence-corrected chi connectivity index (χ3v) is 6.20. The van der Waals surface area contributed by atoms with Gasteiger partial charge in [-0.05, 0) is 38.9 Å². The summed E-state index contributed by atoms with van der Waals surface area (Å²) in [5.41, 5.74) is 1.07. The van der Waals surface area contributed by atoms with Crippen molar-refractivity contribution in [2.45, 2.75) is 45.9 Å². The topological polar surface area (TPSA) is 53.1 Å². The summed E-state index contributed by atoms with van der Waals surface area (Å²) in [4.78, 5) is 30.0. The number of rotatable bonds is 8. The lowest BCUT2D eigenvalue weighted by molar-refractivity contribution is -0.186. The Bertz CT molecular complexity index is 807. The molecule has 1 aromatic carbocycles. The molecule has 2 amide bonds. The fraction of sp³-hybridized carbons (Fsp3) is 0.652. The number of para-hydroxylation sites is 2. The van der Waals surface area contributed by atoms with Crippen LogP contribution < -0.4 is 9.64 Å². The summed E-state index contributed by atoms with van der Waals surface area (Å²) in [6.07, 6.45) is -4.19. The first-order valence-electron chi connectivity index (χ1n) is 11.2. The minimum Gasteiger partial charge on any atom is -0.489 e. The van der Waals surface area contributed by atoms with Crippen LogP contribution in [0, 0.1) is 11.8 Å². The molecule has 6 nitrogen and oxygen atoms in total. The van der Waals surface area contributed by atoms with Crippen LogP contribution in [-0.2, 0) is 9.59 Å². The van der Waals surface area contributed by atoms with E-state index in [4.69, 9.17) is 4.74 Å². The van der Waals surface area contributed by atoms with Crippen molar-refractivity contribution in [3.63, 3.8) is 0 Å². The first-order valence-corrected chi connectivity index (χ1v) is 11.2. The van der Waals surface area contributed by atoms with Gasteiger partial charge in [-0.15, -0.1) is 0 Å². The van der Waals surface area contributed by atoms with E-state index in [9.17, 15) is 22.8 Å². The lowest BCUT2D eigenvalue weighted by atomic mass is 9.92. The fourth-order valence-electron chi connectivity index (χ4n) is 4.30. The van der Waals surface area contributed by atoms with Crippen LogP contribution >= 0.6 is 0 Å². The number of hydrogen-bond acceptors (Lipinski definition) is 5. The highest BCUT2D eigenvalue weighted by atomic mass is 19.4. The minimum atomic E-state index is -4.48. The van der Waals surface area contributed by atoms with Gasteiger partial charge in [-0.25, -0.2) is 0 Å². The van der Waals surface area contributed by atoms with Crippen LogP contribution in [0.25, 0.3) is 0 Å². The predicted octanol–water partition coefficient (Wildman–Crippen LogP) is 3.56. The second-order valence-corrected chi connectivity index (χ2v) is 8.84. The van der Waals surface area contributed by atoms with Gasteiger partial charge in [0.15, 0.2) is 0 Å². The Morgan fingerprint density at radius 3 is 2.31 bits per heavy atom. The van der Waals surface area contributed by atoms with Gasteiger partial charge in [-0.3, -0.25) is 19.4 Å². The average molecular weight is 456 g/mol. The van der Waals surface area contributed by atoms with E-state index in [1.54, 1.807) is 0 Å². The zero-order valence-corrected chi connectivity index (χ0v) is 18.9. The highest BCUT2D eigenvalue weighted by Crippen LogP contribution is 2.37. The molecule has 2 fully saturated rings. The summed E-state index contributed by atoms with van der Waals surface area (Å²) in [5, 5.41) is 0. The molecular formula is C23H32F3N3O3. The minimum absolute atomic E-state index is 0.0900. The van der Waals surface area contributed by atoms with E-state index in [-0.39, 0.29) is 19.1 Å². The average Bonchev–Trinajstić information content (AvgIpc) is 3.01. The molecule has 2 aliphatic rings. The van der Waals surface area contributed by atoms with Crippen LogP contribution in [0.1, 0.15) is 33.6 Å². The van der Waals surface area contributed by atoms with Crippen LogP contribution in [0.4, 0.5) is 18.9 Å². The van der Waals surface area contributed by atoms with Crippen LogP contribution in [-0.4, -0.2) is 73.2 Å². The lowest BCUT2D eigenvalue weighted by Gasteiger charge is -2.37. The first kappa shape index (κ1) is 24.4. The molecule has 0 bridgehead atoms. The quantitative estimate of drug-likeness (QED) is 0.561. The van der Waals surface area contributed by atoms with Crippen molar-refractivity contribution in [2.75, 3.05) is 44.2 Å². The molecule has 0 spiro atoms. The summed E-state index contributed by atoms with van der Waals surface area (Å²) < 4.78 is 44.8. The summed E-state index contributed by atoms with van der Waals surface area (Å²) >= 11 is 0. The molecule has 0 radical (unpaired) electrons. The highest BCUT2D eigenvalue weighted by molar-refractivity contribution is 6.03. The standard InChI is InChI=1S/C23H32F3N3O3/c1-16(2)32-20-8-5-4-7-19(20)28-13-11-27(12-14-28)9-6-10-29-21(30)15-18(22(29)31)17(3)23(24,25)26/h4-5,7-8,16-18H,6,9-15H2,1-3H3. The van der Waals surface area contributed by atoms with Crippen molar-refractivity contribution in [1.29, 1.82) is 0 Å². The van der Waals surface area contributed by atoms with E-state index in [1.165, 1.54) is 0 Å². The SMILES string of the molecule is CC(C)Oc1ccccc1N1CCN(CCCN2C(=O)CC(C(C)C(F)(F)F)C2=O)CC1. The number of nitrogens with zero attached hydrogens (tertiary/aromatic N) is 3. The predicted molar refractivity (Wildman–Crippen MR) is 116 cm³/mol. The number of ether oxygens (including phenoxy) is 1. The van der Waals surface area contributed by atoms with Crippen molar-refractivity contribution >= 4 is 17.5 Å². The van der Waals surface area contributed by atoms with E-state index in [0.717, 1.165) is 49.4 Å². The van der Waals surface area contributed by atoms with E-state index in [1.807, 2.05) is 32.0 Å². The molecule has 0 saturated carbocycles. The highest BCUT2D eigenvalue weighted by Gasteiger charge is 2.50. The molecule has 0 N–H and O–H groups in total. The molecule has 178 valence electrons. The van der Waals surface area contributed by atoms with Gasteiger partial charge in [-0.1, -0.05) is 19.1 Å². The maximum Gasteiger partial charge on any atom is 0.392 e. The smallest absolute Gasteiger partial charge is 0.392 e. The summed E-state index contributed by atoms with van der Waals surface area (Å²) in [6.45, 7) is 9.13. The number of benzene rings is 1. The number of halogens is 3. The number of imide groups is 1. The molecule has 2 aliphatic heterocycles. The Balaban J connectivity index is 1.46. The zero-order chi connectivity index (χ0) is 23.5. The summed E-state index contributed by atoms with van der Waals surface area (Å²) in [5.74, 6) is -3.42. The van der Waals surface area contributed by atoms with Gasteiger partial charge in [0.25, 0.3) is 0 Å². The molecule has 32 heavy (non-hydrogen) atoms. The van der Waals surface area contributed by atoms with Gasteiger partial charge >= 0.3 is 6.18 Å². The van der Waals surface area contributed by atoms with Crippen LogP contribution in [0.3, 0.4) is 0 Å². The van der Waals surface area contributed by atoms with Crippen molar-refractivity contribution in [2.24, 2.45) is 11.8 Å². The van der Waals surface area contributed by atoms with Crippen molar-refractivity contribution in [1.82, 2.24) is 9.80 Å². The van der Waals surface area contributed by atoms with Crippen molar-refractivity contribution < 1.29 is 27.5 Å². The number of carbonyl (C=O) groups is 2. The van der Waals surface area contributed by atoms with E-state index in [2.05, 4.69) is 15.9 Å². The number of carbonyl (C=O) groups excluding carboxylic acids is 2. The lowest BCUT2D eigenvalue weighted by Crippen LogP contribution is -2.47. The number of anilines is 1. The molecule has 2 saturated heterocycles. The maximum atomic E-state index is 13.0. The number of amides is 2. The molecule has 9 heteroatoms. The Hall–Kier alpha value is -2.29. The monoisotopic (exact) mass is 455 g/mol. The van der Waals surface area contributed by atoms with Crippen molar-refractivity contribution in [3.05, 3.63) is 24.3 Å². The van der Waals surface area contributed by atoms with E-state index in [0.29, 0.717) is 13.0 Å². The molecular weight excluding hydrogens is 423 g/mol. The Labute approximate surface area is 187 Å². The van der Waals surface area contributed by atoms with Gasteiger partial charge < -0.3 is 9.64 Å². The Kier molecular flexibility index (Phi) is 7.69. The second kappa shape index (κ2) is 10.1. The fourth-order valence-corrected chi connectivity index (χ4v) is 4.30. The third-order valence-electron chi connectivity index (χ3n) is 6.20. The Morgan fingerprint density at radius 2 is 1.69 bits per heavy atom. The molecule has 3 rings (SSSR count). The number of likely N-dealkylation sites (tertiary alicyclic amines) is 1. The molecule has 1 aromatic rings. The molecule has 0 aliphatic carbocycles. The van der Waals surface area contributed by atoms with Gasteiger partial charge in [0.05, 0.1) is 23.6 Å². The molecule has 2 heterocycles. The maximum absolute atomic E-state index is 13.0. The van der Waals surface area contributed by atoms with Crippen molar-refractivity contribution in [3.8, 4) is 5.75 Å². The Morgan fingerprint density at radius 1 is 1.03 bits per heavy atom. The second-order valence-electron chi connectivity index (χ2n) is 8.84. The summed E-state index contributed by atoms with van der Waals surface area (Å²) in [7, 11) is 0. The summed E-state index contributed by atoms with van der Waals surface area (Å²) in [6, 6.07) is 7.97. The number of piperazine rings is 1. The molecule has 0 aromatic heterocycles. The number of hydrogen-bond donors (Lipinski definition) is 0. The van der Waals surface area contributed by atoms with Crippen LogP contribution in [0.15, 0.2) is 24.3 Å². The third kappa shape index (κ3) is 5.74. The van der Waals surface area contributed by atoms with E-state index >= 15 is 0 Å². The first-order chi connectivity index (χ1) is 15.1. The van der Waals surface area contributed by atoms with Crippen LogP contribution in [0.5, 0.6) is 5.75 Å². The number of alkyl halides is 3. The van der Waals surface area contributed by atoms with Gasteiger partial charge in [0.1, 0.15) is 5.75 Å². The van der Waals surface area contributed by atoms with Gasteiger partial charge in [-0.2, -0.15) is 13.2 Å². The largest absolute Gasteiger partial charge is 0.489 e.